The van der Waals surface area contributed by atoms with Crippen molar-refractivity contribution in [3.8, 4) is 0 Å². The van der Waals surface area contributed by atoms with Gasteiger partial charge in [-0.2, -0.15) is 15.4 Å². The second kappa shape index (κ2) is 21.7. The largest absolute Gasteiger partial charge is 0.399 e. The number of aromatic nitrogens is 3. The summed E-state index contributed by atoms with van der Waals surface area (Å²) in [6, 6.07) is 36.0. The Kier molecular flexibility index (Phi) is 16.0. The molecule has 0 bridgehead atoms. The molecule has 2 aliphatic rings. The summed E-state index contributed by atoms with van der Waals surface area (Å²) in [5.41, 5.74) is 13.1. The lowest BCUT2D eigenvalue weighted by molar-refractivity contribution is -0.106. The fourth-order valence-corrected chi connectivity index (χ4v) is 6.53. The summed E-state index contributed by atoms with van der Waals surface area (Å²) < 4.78 is 64.8. The van der Waals surface area contributed by atoms with Crippen molar-refractivity contribution in [2.75, 3.05) is 27.0 Å². The third kappa shape index (κ3) is 13.3. The first kappa shape index (κ1) is 44.1. The quantitative estimate of drug-likeness (QED) is 0.0587. The summed E-state index contributed by atoms with van der Waals surface area (Å²) in [7, 11) is 0. The molecule has 60 heavy (non-hydrogen) atoms. The third-order valence-corrected chi connectivity index (χ3v) is 9.22. The van der Waals surface area contributed by atoms with Crippen LogP contribution in [0.3, 0.4) is 0 Å². The number of aromatic amines is 1. The number of hydrogen-bond acceptors (Lipinski definition) is 8. The number of anilines is 5. The van der Waals surface area contributed by atoms with Crippen LogP contribution in [0.25, 0.3) is 11.0 Å². The number of rotatable bonds is 4. The molecule has 2 aliphatic heterocycles. The van der Waals surface area contributed by atoms with Crippen LogP contribution in [0.4, 0.5) is 50.4 Å². The second-order valence-corrected chi connectivity index (χ2v) is 14.0. The van der Waals surface area contributed by atoms with Crippen molar-refractivity contribution in [3.05, 3.63) is 174 Å². The van der Waals surface area contributed by atoms with Crippen molar-refractivity contribution < 1.29 is 26.7 Å². The van der Waals surface area contributed by atoms with Gasteiger partial charge in [-0.25, -0.2) is 22.0 Å². The maximum atomic E-state index is 13.5. The molecule has 0 saturated carbocycles. The predicted molar refractivity (Wildman–Crippen MR) is 230 cm³/mol. The first-order valence-corrected chi connectivity index (χ1v) is 19.2. The number of hydrogen-bond donors (Lipinski definition) is 6. The highest BCUT2D eigenvalue weighted by atomic mass is 19.1. The van der Waals surface area contributed by atoms with E-state index < -0.39 is 0 Å². The molecule has 3 heterocycles. The molecule has 0 fully saturated rings. The number of carbonyl (C=O) groups is 1. The average molecular weight is 823 g/mol. The van der Waals surface area contributed by atoms with Crippen LogP contribution >= 0.6 is 0 Å². The molecule has 7 aromatic rings. The van der Waals surface area contributed by atoms with Crippen LogP contribution < -0.4 is 27.0 Å². The second-order valence-electron chi connectivity index (χ2n) is 14.0. The predicted octanol–water partition coefficient (Wildman–Crippen LogP) is 11.2. The van der Waals surface area contributed by atoms with E-state index in [1.165, 1.54) is 67.6 Å². The fraction of sp³-hybridized carbons (Fsp3) is 0.196. The Bertz CT molecular complexity index is 2230. The van der Waals surface area contributed by atoms with Crippen molar-refractivity contribution in [3.63, 3.8) is 0 Å². The first-order chi connectivity index (χ1) is 28.9. The number of carbonyl (C=O) groups excluding carboxylic acids is 1. The molecule has 7 N–H and O–H groups in total. The molecule has 9 rings (SSSR count). The molecule has 4 atom stereocenters. The molecule has 0 aliphatic carbocycles. The summed E-state index contributed by atoms with van der Waals surface area (Å²) in [6.45, 7) is 5.62. The molecular formula is C46H47F5N8O. The van der Waals surface area contributed by atoms with E-state index >= 15 is 0 Å². The molecular weight excluding hydrogens is 776 g/mol. The molecule has 312 valence electrons. The van der Waals surface area contributed by atoms with E-state index in [1.807, 2.05) is 24.3 Å². The number of fused-ring (bicyclic) bond motifs is 3. The first-order valence-electron chi connectivity index (χ1n) is 19.2. The van der Waals surface area contributed by atoms with Gasteiger partial charge in [-0.1, -0.05) is 12.1 Å². The molecule has 14 heteroatoms. The van der Waals surface area contributed by atoms with Gasteiger partial charge in [0.2, 0.25) is 0 Å². The number of nitrogens with one attached hydrogen (secondary N) is 5. The minimum atomic E-state index is -0.263. The number of nitrogens with zero attached hydrogens (tertiary/aromatic N) is 2. The van der Waals surface area contributed by atoms with Crippen molar-refractivity contribution in [2.45, 2.75) is 57.8 Å². The summed E-state index contributed by atoms with van der Waals surface area (Å²) in [6.07, 6.45) is 2.43. The SMILES string of the molecule is CC=O.C[C@@H]1C[C@@H](Nc2ccc(F)cc2)c2cc(F)ccc2N1.C[C@@H]1C[C@H](Nc2ccc(F)cc2)c2cc(F)ccc2N1.Nc1ccc(F)cc1.c1ccc2n[nH]nc2c1. The molecule has 0 amide bonds. The minimum Gasteiger partial charge on any atom is -0.399 e. The lowest BCUT2D eigenvalue weighted by atomic mass is 9.93. The Hall–Kier alpha value is -6.96. The van der Waals surface area contributed by atoms with Gasteiger partial charge in [0, 0.05) is 51.6 Å². The fourth-order valence-electron chi connectivity index (χ4n) is 6.53. The Morgan fingerprint density at radius 2 is 0.917 bits per heavy atom. The summed E-state index contributed by atoms with van der Waals surface area (Å²) in [5.74, 6) is -1.27. The van der Waals surface area contributed by atoms with Crippen LogP contribution in [0.2, 0.25) is 0 Å². The third-order valence-electron chi connectivity index (χ3n) is 9.22. The lowest BCUT2D eigenvalue weighted by Crippen LogP contribution is -2.29. The van der Waals surface area contributed by atoms with Crippen molar-refractivity contribution >= 4 is 45.8 Å². The number of benzene rings is 6. The molecule has 0 radical (unpaired) electrons. The van der Waals surface area contributed by atoms with Crippen molar-refractivity contribution in [2.24, 2.45) is 0 Å². The van der Waals surface area contributed by atoms with Crippen LogP contribution in [0.5, 0.6) is 0 Å². The Morgan fingerprint density at radius 1 is 0.567 bits per heavy atom. The van der Waals surface area contributed by atoms with Gasteiger partial charge in [-0.15, -0.1) is 0 Å². The molecule has 0 saturated heterocycles. The van der Waals surface area contributed by atoms with Gasteiger partial charge in [0.25, 0.3) is 0 Å². The van der Waals surface area contributed by atoms with Crippen LogP contribution in [0.15, 0.2) is 133 Å². The van der Waals surface area contributed by atoms with E-state index in [0.717, 1.165) is 64.0 Å². The standard InChI is InChI=1S/2C16H16F2N2.C6H6FN.C6H5N3.C2H4O/c2*1-10-8-16(20-13-5-2-11(17)3-6-13)14-9-12(18)4-7-15(14)19-10;7-5-1-3-6(8)4-2-5;1-2-4-6-5(3-1)7-9-8-6;1-2-3/h2*2-7,9-10,16,19-20H,8H2,1H3;1-4H,8H2;1-4H,(H,7,8,9);2H,1H3/t10-,16+;10-,16-;;;/m11.../s1. The van der Waals surface area contributed by atoms with E-state index in [4.69, 9.17) is 10.5 Å². The monoisotopic (exact) mass is 822 g/mol. The number of aldehydes is 1. The lowest BCUT2D eigenvalue weighted by Gasteiger charge is -2.32. The molecule has 9 nitrogen and oxygen atoms in total. The minimum absolute atomic E-state index is 0.0161. The van der Waals surface area contributed by atoms with Gasteiger partial charge in [-0.05, 0) is 155 Å². The van der Waals surface area contributed by atoms with Crippen molar-refractivity contribution in [1.82, 2.24) is 15.4 Å². The van der Waals surface area contributed by atoms with E-state index in [1.54, 1.807) is 48.5 Å². The van der Waals surface area contributed by atoms with Crippen molar-refractivity contribution in [1.29, 1.82) is 0 Å². The van der Waals surface area contributed by atoms with Gasteiger partial charge in [0.15, 0.2) is 0 Å². The summed E-state index contributed by atoms with van der Waals surface area (Å²) in [4.78, 5) is 8.81. The zero-order chi connectivity index (χ0) is 43.0. The Morgan fingerprint density at radius 3 is 1.28 bits per heavy atom. The zero-order valence-corrected chi connectivity index (χ0v) is 33.3. The number of halogens is 5. The van der Waals surface area contributed by atoms with Gasteiger partial charge in [0.1, 0.15) is 46.4 Å². The Labute approximate surface area is 345 Å². The van der Waals surface area contributed by atoms with Gasteiger partial charge in [-0.3, -0.25) is 0 Å². The zero-order valence-electron chi connectivity index (χ0n) is 33.3. The topological polar surface area (TPSA) is 133 Å². The normalized spacial score (nSPS) is 16.9. The number of nitrogen functional groups attached to an aromatic ring is 1. The summed E-state index contributed by atoms with van der Waals surface area (Å²) >= 11 is 0. The summed E-state index contributed by atoms with van der Waals surface area (Å²) in [5, 5.41) is 23.7. The van der Waals surface area contributed by atoms with E-state index in [9.17, 15) is 22.0 Å². The van der Waals surface area contributed by atoms with Gasteiger partial charge in [0.05, 0.1) is 12.1 Å². The maximum absolute atomic E-state index is 13.5. The van der Waals surface area contributed by atoms with Gasteiger partial charge >= 0.3 is 0 Å². The van der Waals surface area contributed by atoms with Crippen LogP contribution in [0, 0.1) is 29.1 Å². The van der Waals surface area contributed by atoms with E-state index in [2.05, 4.69) is 50.5 Å². The number of nitrogens with two attached hydrogens (primary N) is 1. The maximum Gasteiger partial charge on any atom is 0.123 e. The Balaban J connectivity index is 0.000000158. The highest BCUT2D eigenvalue weighted by Gasteiger charge is 2.26. The average Bonchev–Trinajstić information content (AvgIpc) is 3.72. The van der Waals surface area contributed by atoms with Gasteiger partial charge < -0.3 is 31.8 Å². The molecule has 1 aromatic heterocycles. The highest BCUT2D eigenvalue weighted by Crippen LogP contribution is 2.36. The molecule has 0 spiro atoms. The van der Waals surface area contributed by atoms with Crippen LogP contribution in [-0.2, 0) is 4.79 Å². The van der Waals surface area contributed by atoms with Crippen LogP contribution in [-0.4, -0.2) is 33.8 Å². The number of H-pyrrole nitrogens is 1. The smallest absolute Gasteiger partial charge is 0.123 e. The van der Waals surface area contributed by atoms with Crippen LogP contribution in [0.1, 0.15) is 56.8 Å². The molecule has 0 unspecified atom stereocenters. The van der Waals surface area contributed by atoms with E-state index in [0.29, 0.717) is 17.8 Å². The highest BCUT2D eigenvalue weighted by molar-refractivity contribution is 5.72. The number of para-hydroxylation sites is 2. The molecule has 6 aromatic carbocycles. The van der Waals surface area contributed by atoms with E-state index in [-0.39, 0.29) is 41.2 Å².